The topological polar surface area (TPSA) is 79.1 Å². The first-order valence-corrected chi connectivity index (χ1v) is 11.1. The molecule has 0 unspecified atom stereocenters. The average Bonchev–Trinajstić information content (AvgIpc) is 3.17. The van der Waals surface area contributed by atoms with E-state index in [9.17, 15) is 9.59 Å². The number of rotatable bonds is 7. The summed E-state index contributed by atoms with van der Waals surface area (Å²) >= 11 is 1.31. The Bertz CT molecular complexity index is 1340. The van der Waals surface area contributed by atoms with Gasteiger partial charge in [-0.15, -0.1) is 0 Å². The summed E-state index contributed by atoms with van der Waals surface area (Å²) in [5, 5.41) is 0. The monoisotopic (exact) mass is 462 g/mol. The number of fused-ring (bicyclic) bond motifs is 1. The third-order valence-electron chi connectivity index (χ3n) is 4.76. The second kappa shape index (κ2) is 10.1. The van der Waals surface area contributed by atoms with Crippen molar-refractivity contribution in [1.29, 1.82) is 0 Å². The van der Waals surface area contributed by atoms with Crippen LogP contribution in [0.4, 0.5) is 0 Å². The number of thiazole rings is 1. The maximum atomic E-state index is 12.9. The van der Waals surface area contributed by atoms with Crippen molar-refractivity contribution in [1.82, 2.24) is 4.57 Å². The number of ether oxygens (including phenoxy) is 3. The Hall–Kier alpha value is -3.91. The number of esters is 1. The first-order valence-electron chi connectivity index (χ1n) is 10.3. The van der Waals surface area contributed by atoms with Crippen molar-refractivity contribution in [2.75, 3.05) is 13.7 Å². The Morgan fingerprint density at radius 1 is 0.939 bits per heavy atom. The van der Waals surface area contributed by atoms with Crippen LogP contribution in [0.15, 0.2) is 77.8 Å². The van der Waals surface area contributed by atoms with Gasteiger partial charge in [-0.05, 0) is 55.5 Å². The number of para-hydroxylation sites is 2. The molecule has 0 radical (unpaired) electrons. The van der Waals surface area contributed by atoms with Crippen LogP contribution in [0.2, 0.25) is 0 Å². The second-order valence-electron chi connectivity index (χ2n) is 6.94. The van der Waals surface area contributed by atoms with Crippen molar-refractivity contribution in [3.63, 3.8) is 0 Å². The van der Waals surface area contributed by atoms with Crippen LogP contribution in [0.5, 0.6) is 17.2 Å². The normalized spacial score (nSPS) is 11.4. The Labute approximate surface area is 194 Å². The molecule has 0 saturated carbocycles. The lowest BCUT2D eigenvalue weighted by molar-refractivity contribution is -0.141. The summed E-state index contributed by atoms with van der Waals surface area (Å²) in [5.41, 5.74) is 1.11. The number of aromatic nitrogens is 1. The van der Waals surface area contributed by atoms with Gasteiger partial charge in [0, 0.05) is 5.56 Å². The summed E-state index contributed by atoms with van der Waals surface area (Å²) < 4.78 is 18.9. The van der Waals surface area contributed by atoms with Crippen LogP contribution in [-0.4, -0.2) is 30.2 Å². The van der Waals surface area contributed by atoms with E-state index in [1.807, 2.05) is 55.5 Å². The van der Waals surface area contributed by atoms with E-state index in [4.69, 9.17) is 14.2 Å². The van der Waals surface area contributed by atoms with Crippen LogP contribution in [0, 0.1) is 0 Å². The van der Waals surface area contributed by atoms with Crippen molar-refractivity contribution >= 4 is 33.4 Å². The van der Waals surface area contributed by atoms with Crippen LogP contribution >= 0.6 is 11.3 Å². The van der Waals surface area contributed by atoms with Gasteiger partial charge in [0.1, 0.15) is 29.3 Å². The Kier molecular flexibility index (Phi) is 6.85. The number of hydrogen-bond donors (Lipinski definition) is 0. The lowest BCUT2D eigenvalue weighted by atomic mass is 10.2. The summed E-state index contributed by atoms with van der Waals surface area (Å²) in [6.45, 7) is 2.27. The predicted octanol–water partition coefficient (Wildman–Crippen LogP) is 4.81. The van der Waals surface area contributed by atoms with Gasteiger partial charge in [-0.25, -0.2) is 0 Å². The quantitative estimate of drug-likeness (QED) is 0.368. The number of carbonyl (C=O) groups is 2. The van der Waals surface area contributed by atoms with Crippen molar-refractivity contribution in [2.24, 2.45) is 4.99 Å². The molecular weight excluding hydrogens is 440 g/mol. The van der Waals surface area contributed by atoms with Gasteiger partial charge in [0.15, 0.2) is 4.80 Å². The molecule has 3 aromatic carbocycles. The highest BCUT2D eigenvalue weighted by Gasteiger charge is 2.16. The van der Waals surface area contributed by atoms with Crippen molar-refractivity contribution < 1.29 is 23.8 Å². The van der Waals surface area contributed by atoms with E-state index in [1.54, 1.807) is 28.8 Å². The summed E-state index contributed by atoms with van der Waals surface area (Å²) in [6.07, 6.45) is 0. The second-order valence-corrected chi connectivity index (χ2v) is 7.95. The number of methoxy groups -OCH3 is 1. The predicted molar refractivity (Wildman–Crippen MR) is 126 cm³/mol. The zero-order valence-corrected chi connectivity index (χ0v) is 19.0. The van der Waals surface area contributed by atoms with Crippen molar-refractivity contribution in [3.05, 3.63) is 83.2 Å². The molecule has 168 valence electrons. The maximum absolute atomic E-state index is 12.9. The molecule has 33 heavy (non-hydrogen) atoms. The van der Waals surface area contributed by atoms with Crippen LogP contribution in [0.1, 0.15) is 17.3 Å². The first kappa shape index (κ1) is 22.3. The number of carbonyl (C=O) groups excluding carboxylic acids is 2. The van der Waals surface area contributed by atoms with E-state index in [0.717, 1.165) is 4.70 Å². The lowest BCUT2D eigenvalue weighted by Gasteiger charge is -2.09. The van der Waals surface area contributed by atoms with Gasteiger partial charge >= 0.3 is 5.97 Å². The highest BCUT2D eigenvalue weighted by Crippen LogP contribution is 2.28. The molecule has 0 spiro atoms. The van der Waals surface area contributed by atoms with E-state index in [-0.39, 0.29) is 6.54 Å². The third kappa shape index (κ3) is 5.12. The van der Waals surface area contributed by atoms with Gasteiger partial charge in [-0.1, -0.05) is 35.6 Å². The molecule has 1 heterocycles. The minimum Gasteiger partial charge on any atom is -0.492 e. The molecule has 0 bridgehead atoms. The molecule has 4 rings (SSSR count). The molecule has 0 N–H and O–H groups in total. The summed E-state index contributed by atoms with van der Waals surface area (Å²) in [4.78, 5) is 29.7. The van der Waals surface area contributed by atoms with E-state index in [2.05, 4.69) is 4.99 Å². The van der Waals surface area contributed by atoms with Gasteiger partial charge in [0.05, 0.1) is 18.4 Å². The van der Waals surface area contributed by atoms with E-state index >= 15 is 0 Å². The molecule has 0 saturated heterocycles. The average molecular weight is 463 g/mol. The van der Waals surface area contributed by atoms with Crippen LogP contribution in [0.25, 0.3) is 10.2 Å². The standard InChI is InChI=1S/C25H22N2O5S/c1-3-31-20-10-7-11-21-23(20)27(16-22(28)30-2)25(33-21)26-24(29)17-12-14-19(15-13-17)32-18-8-5-4-6-9-18/h4-15H,3,16H2,1-2H3. The maximum Gasteiger partial charge on any atom is 0.325 e. The van der Waals surface area contributed by atoms with E-state index < -0.39 is 11.9 Å². The van der Waals surface area contributed by atoms with Crippen LogP contribution < -0.4 is 14.3 Å². The number of nitrogens with zero attached hydrogens (tertiary/aromatic N) is 2. The zero-order chi connectivity index (χ0) is 23.2. The van der Waals surface area contributed by atoms with Crippen LogP contribution in [-0.2, 0) is 16.1 Å². The SMILES string of the molecule is CCOc1cccc2sc(=NC(=O)c3ccc(Oc4ccccc4)cc3)n(CC(=O)OC)c12. The molecule has 0 aliphatic heterocycles. The molecule has 7 nitrogen and oxygen atoms in total. The molecular formula is C25H22N2O5S. The van der Waals surface area contributed by atoms with Gasteiger partial charge in [0.25, 0.3) is 5.91 Å². The molecule has 0 aliphatic carbocycles. The fourth-order valence-electron chi connectivity index (χ4n) is 3.24. The summed E-state index contributed by atoms with van der Waals surface area (Å²) in [6, 6.07) is 21.7. The van der Waals surface area contributed by atoms with Gasteiger partial charge < -0.3 is 18.8 Å². The van der Waals surface area contributed by atoms with Crippen molar-refractivity contribution in [3.8, 4) is 17.2 Å². The first-order chi connectivity index (χ1) is 16.1. The largest absolute Gasteiger partial charge is 0.492 e. The zero-order valence-electron chi connectivity index (χ0n) is 18.2. The number of amides is 1. The number of benzene rings is 3. The molecule has 4 aromatic rings. The highest BCUT2D eigenvalue weighted by molar-refractivity contribution is 7.16. The Morgan fingerprint density at radius 2 is 1.67 bits per heavy atom. The minimum atomic E-state index is -0.447. The smallest absolute Gasteiger partial charge is 0.325 e. The third-order valence-corrected chi connectivity index (χ3v) is 5.80. The number of hydrogen-bond acceptors (Lipinski definition) is 6. The van der Waals surface area contributed by atoms with Crippen LogP contribution in [0.3, 0.4) is 0 Å². The van der Waals surface area contributed by atoms with Gasteiger partial charge in [-0.3, -0.25) is 9.59 Å². The van der Waals surface area contributed by atoms with Crippen molar-refractivity contribution in [2.45, 2.75) is 13.5 Å². The summed E-state index contributed by atoms with van der Waals surface area (Å²) in [5.74, 6) is 1.07. The molecule has 1 amide bonds. The fourth-order valence-corrected chi connectivity index (χ4v) is 4.28. The van der Waals surface area contributed by atoms with Gasteiger partial charge in [-0.2, -0.15) is 4.99 Å². The fraction of sp³-hybridized carbons (Fsp3) is 0.160. The molecule has 0 aliphatic rings. The minimum absolute atomic E-state index is 0.0868. The molecule has 0 fully saturated rings. The lowest BCUT2D eigenvalue weighted by Crippen LogP contribution is -2.22. The molecule has 8 heteroatoms. The Balaban J connectivity index is 1.68. The van der Waals surface area contributed by atoms with Gasteiger partial charge in [0.2, 0.25) is 0 Å². The highest BCUT2D eigenvalue weighted by atomic mass is 32.1. The summed E-state index contributed by atoms with van der Waals surface area (Å²) in [7, 11) is 1.32. The van der Waals surface area contributed by atoms with E-state index in [0.29, 0.717) is 39.7 Å². The van der Waals surface area contributed by atoms with E-state index in [1.165, 1.54) is 18.4 Å². The molecule has 0 atom stereocenters. The molecule has 1 aromatic heterocycles. The Morgan fingerprint density at radius 3 is 2.36 bits per heavy atom.